The van der Waals surface area contributed by atoms with E-state index in [2.05, 4.69) is 190 Å². The van der Waals surface area contributed by atoms with Crippen molar-refractivity contribution in [3.8, 4) is 16.9 Å². The Hall–Kier alpha value is -4.99. The van der Waals surface area contributed by atoms with Crippen molar-refractivity contribution in [1.29, 1.82) is 0 Å². The van der Waals surface area contributed by atoms with Crippen LogP contribution < -0.4 is 4.90 Å². The number of anilines is 3. The van der Waals surface area contributed by atoms with Crippen molar-refractivity contribution >= 4 is 44.8 Å². The van der Waals surface area contributed by atoms with E-state index in [0.29, 0.717) is 18.4 Å². The molecular formula is C58H64N4OPt. The minimum absolute atomic E-state index is 0. The molecule has 0 aliphatic carbocycles. The minimum atomic E-state index is -0.334. The fourth-order valence-corrected chi connectivity index (χ4v) is 10.7. The van der Waals surface area contributed by atoms with Gasteiger partial charge in [0.2, 0.25) is 0 Å². The van der Waals surface area contributed by atoms with Gasteiger partial charge in [0.05, 0.1) is 5.54 Å². The van der Waals surface area contributed by atoms with E-state index in [0.717, 1.165) is 70.7 Å². The van der Waals surface area contributed by atoms with Crippen LogP contribution in [0.5, 0.6) is 0 Å². The molecule has 5 aromatic carbocycles. The van der Waals surface area contributed by atoms with E-state index in [1.807, 2.05) is 6.20 Å². The van der Waals surface area contributed by atoms with Crippen LogP contribution in [0.15, 0.2) is 90.1 Å². The van der Waals surface area contributed by atoms with E-state index in [9.17, 15) is 0 Å². The second-order valence-corrected chi connectivity index (χ2v) is 20.6. The van der Waals surface area contributed by atoms with Crippen molar-refractivity contribution in [3.63, 3.8) is 0 Å². The molecule has 2 aliphatic heterocycles. The second kappa shape index (κ2) is 16.8. The Bertz CT molecular complexity index is 2950. The smallest absolute Gasteiger partial charge is 0.518 e. The average Bonchev–Trinajstić information content (AvgIpc) is 3.78. The quantitative estimate of drug-likeness (QED) is 0.135. The first kappa shape index (κ1) is 45.6. The van der Waals surface area contributed by atoms with Crippen LogP contribution in [-0.4, -0.2) is 27.6 Å². The van der Waals surface area contributed by atoms with Gasteiger partial charge in [0.1, 0.15) is 18.3 Å². The Morgan fingerprint density at radius 1 is 0.750 bits per heavy atom. The summed E-state index contributed by atoms with van der Waals surface area (Å²) in [5.74, 6) is 2.03. The molecule has 2 aromatic heterocycles. The fraction of sp³-hybridized carbons (Fsp3) is 0.379. The number of ether oxygens (including phenoxy) is 1. The number of rotatable bonds is 9. The third-order valence-corrected chi connectivity index (χ3v) is 14.0. The molecule has 332 valence electrons. The summed E-state index contributed by atoms with van der Waals surface area (Å²) in [4.78, 5) is 13.0. The Labute approximate surface area is 396 Å². The zero-order valence-electron chi connectivity index (χ0n) is 40.2. The van der Waals surface area contributed by atoms with Crippen molar-refractivity contribution < 1.29 is 25.8 Å². The normalized spacial score (nSPS) is 16.8. The van der Waals surface area contributed by atoms with Crippen LogP contribution in [0.25, 0.3) is 38.8 Å². The summed E-state index contributed by atoms with van der Waals surface area (Å²) in [7, 11) is 0. The minimum Gasteiger partial charge on any atom is -0.518 e. The Morgan fingerprint density at radius 2 is 1.44 bits per heavy atom. The van der Waals surface area contributed by atoms with Crippen molar-refractivity contribution in [3.05, 3.63) is 147 Å². The molecule has 0 saturated heterocycles. The first-order valence-electron chi connectivity index (χ1n) is 23.2. The van der Waals surface area contributed by atoms with Crippen LogP contribution in [0.3, 0.4) is 0 Å². The van der Waals surface area contributed by atoms with E-state index < -0.39 is 0 Å². The molecular weight excluding hydrogens is 964 g/mol. The molecule has 1 atom stereocenters. The number of hydrogen-bond donors (Lipinski definition) is 0. The van der Waals surface area contributed by atoms with Gasteiger partial charge in [-0.25, -0.2) is 4.98 Å². The summed E-state index contributed by atoms with van der Waals surface area (Å²) in [6.45, 7) is 30.0. The molecule has 4 heterocycles. The van der Waals surface area contributed by atoms with Gasteiger partial charge in [-0.3, -0.25) is 4.99 Å². The van der Waals surface area contributed by atoms with E-state index >= 15 is 0 Å². The predicted molar refractivity (Wildman–Crippen MR) is 265 cm³/mol. The number of fused-ring (bicyclic) bond motifs is 5. The molecule has 6 heteroatoms. The number of aryl methyl sites for hydroxylation is 5. The van der Waals surface area contributed by atoms with Crippen LogP contribution in [0, 0.1) is 52.7 Å². The van der Waals surface area contributed by atoms with Crippen molar-refractivity contribution in [1.82, 2.24) is 9.55 Å². The van der Waals surface area contributed by atoms with Gasteiger partial charge in [0.15, 0.2) is 0 Å². The monoisotopic (exact) mass is 1030 g/mol. The Kier molecular flexibility index (Phi) is 11.9. The van der Waals surface area contributed by atoms with Crippen LogP contribution in [-0.2, 0) is 36.6 Å². The summed E-state index contributed by atoms with van der Waals surface area (Å²) in [6.07, 6.45) is 6.49. The molecule has 0 bridgehead atoms. The zero-order valence-corrected chi connectivity index (χ0v) is 42.5. The molecule has 0 amide bonds. The third-order valence-electron chi connectivity index (χ3n) is 14.0. The van der Waals surface area contributed by atoms with Crippen LogP contribution in [0.2, 0.25) is 0 Å². The second-order valence-electron chi connectivity index (χ2n) is 20.6. The fourth-order valence-electron chi connectivity index (χ4n) is 10.7. The first-order chi connectivity index (χ1) is 29.9. The molecule has 5 nitrogen and oxygen atoms in total. The van der Waals surface area contributed by atoms with Crippen molar-refractivity contribution in [2.75, 3.05) is 11.5 Å². The van der Waals surface area contributed by atoms with Gasteiger partial charge in [-0.1, -0.05) is 137 Å². The standard InChI is InChI=1S/C58H64N4O.Pt/c1-14-16-42(17-15-2)58(13)34-63-55(60-58)41-28-40(54-38(6)24-37(5)25-39(54)7)29-44(30-41)61-50-21-19-36(4)27-47(50)57(11,12)48-32-46-45-26-35(3)18-20-49(45)62(51(46)33-52(48)61)53-31-43(22-23-59-53)56(8,9)10;/h18-29,31-32,42H,14-17,34H2,1-13H3;/q-2;+2/t58-;/m0./s1. The summed E-state index contributed by atoms with van der Waals surface area (Å²) < 4.78 is 9.03. The number of hydrogen-bond acceptors (Lipinski definition) is 4. The average molecular weight is 1030 g/mol. The summed E-state index contributed by atoms with van der Waals surface area (Å²) in [5.41, 5.74) is 17.7. The van der Waals surface area contributed by atoms with Crippen LogP contribution in [0.1, 0.15) is 131 Å². The van der Waals surface area contributed by atoms with E-state index in [-0.39, 0.29) is 37.4 Å². The number of nitrogens with zero attached hydrogens (tertiary/aromatic N) is 4. The Balaban J connectivity index is 0.00000560. The van der Waals surface area contributed by atoms with Crippen LogP contribution in [0.4, 0.5) is 17.1 Å². The van der Waals surface area contributed by atoms with Crippen molar-refractivity contribution in [2.24, 2.45) is 10.9 Å². The third kappa shape index (κ3) is 7.74. The van der Waals surface area contributed by atoms with Gasteiger partial charge in [-0.15, -0.1) is 35.2 Å². The number of benzene rings is 5. The van der Waals surface area contributed by atoms with E-state index in [4.69, 9.17) is 14.7 Å². The predicted octanol–water partition coefficient (Wildman–Crippen LogP) is 15.1. The molecule has 0 unspecified atom stereocenters. The molecule has 9 rings (SSSR count). The molecule has 64 heavy (non-hydrogen) atoms. The molecule has 0 radical (unpaired) electrons. The van der Waals surface area contributed by atoms with Gasteiger partial charge in [-0.2, -0.15) is 6.07 Å². The maximum atomic E-state index is 6.71. The molecule has 0 N–H and O–H groups in total. The maximum absolute atomic E-state index is 6.71. The van der Waals surface area contributed by atoms with Crippen LogP contribution >= 0.6 is 0 Å². The van der Waals surface area contributed by atoms with Gasteiger partial charge in [0.25, 0.3) is 0 Å². The Morgan fingerprint density at radius 3 is 2.12 bits per heavy atom. The van der Waals surface area contributed by atoms with Crippen molar-refractivity contribution in [2.45, 2.75) is 132 Å². The molecule has 2 aliphatic rings. The summed E-state index contributed by atoms with van der Waals surface area (Å²) in [5, 5.41) is 2.38. The molecule has 0 saturated carbocycles. The molecule has 0 spiro atoms. The molecule has 7 aromatic rings. The zero-order chi connectivity index (χ0) is 44.7. The number of aromatic nitrogens is 2. The van der Waals surface area contributed by atoms with Gasteiger partial charge >= 0.3 is 21.1 Å². The summed E-state index contributed by atoms with van der Waals surface area (Å²) >= 11 is 0. The maximum Gasteiger partial charge on any atom is 2.00 e. The topological polar surface area (TPSA) is 42.6 Å². The van der Waals surface area contributed by atoms with E-state index in [1.54, 1.807) is 0 Å². The largest absolute Gasteiger partial charge is 2.00 e. The van der Waals surface area contributed by atoms with E-state index in [1.165, 1.54) is 60.8 Å². The SMILES string of the molecule is CCCC(CCC)[C@]1(C)COC(c2[c-]c(N3c4[c-]c5c(cc4C(C)(C)c4cc(C)ccc43)c3cc(C)ccc3n5-c3cc(C(C)(C)C)ccn3)cc(-c3c(C)cc(C)cc3C)c2)=N1.[Pt+2]. The number of aliphatic imine (C=N–C) groups is 1. The van der Waals surface area contributed by atoms with Gasteiger partial charge < -0.3 is 14.2 Å². The van der Waals surface area contributed by atoms with Gasteiger partial charge in [-0.05, 0) is 134 Å². The first-order valence-corrected chi connectivity index (χ1v) is 23.2. The molecule has 0 fully saturated rings. The summed E-state index contributed by atoms with van der Waals surface area (Å²) in [6, 6.07) is 37.8. The van der Waals surface area contributed by atoms with Gasteiger partial charge in [0, 0.05) is 17.4 Å². The number of pyridine rings is 1.